The monoisotopic (exact) mass is 390 g/mol. The van der Waals surface area contributed by atoms with E-state index in [1.54, 1.807) is 0 Å². The first kappa shape index (κ1) is 21.0. The molecule has 0 radical (unpaired) electrons. The number of alkyl halides is 10. The fourth-order valence-electron chi connectivity index (χ4n) is 1.44. The maximum Gasteiger partial charge on any atom is 0.460 e. The molecule has 0 heterocycles. The minimum absolute atomic E-state index is 0.179. The topological polar surface area (TPSA) is 26.3 Å². The van der Waals surface area contributed by atoms with E-state index in [0.717, 1.165) is 0 Å². The van der Waals surface area contributed by atoms with Crippen molar-refractivity contribution < 1.29 is 57.8 Å². The SMILES string of the molecule is O=C(OCC(F)(F)C(F)(F)C(F)(F)F)c1cccc(C(F)(F)F)c1F. The van der Waals surface area contributed by atoms with Crippen molar-refractivity contribution in [2.75, 3.05) is 6.61 Å². The largest absolute Gasteiger partial charge is 0.460 e. The number of benzene rings is 1. The first-order valence-electron chi connectivity index (χ1n) is 5.87. The minimum atomic E-state index is -6.69. The Morgan fingerprint density at radius 3 is 1.88 bits per heavy atom. The maximum absolute atomic E-state index is 13.5. The molecule has 0 unspecified atom stereocenters. The number of halogens is 11. The summed E-state index contributed by atoms with van der Waals surface area (Å²) in [6.07, 6.45) is -12.0. The van der Waals surface area contributed by atoms with Crippen LogP contribution in [0.2, 0.25) is 0 Å². The van der Waals surface area contributed by atoms with E-state index in [1.165, 1.54) is 0 Å². The lowest BCUT2D eigenvalue weighted by Crippen LogP contribution is -2.54. The maximum atomic E-state index is 13.5. The van der Waals surface area contributed by atoms with E-state index in [4.69, 9.17) is 0 Å². The number of hydrogen-bond donors (Lipinski definition) is 0. The molecular formula is C12H5F11O2. The highest BCUT2D eigenvalue weighted by molar-refractivity contribution is 5.90. The molecule has 0 amide bonds. The molecule has 0 aliphatic heterocycles. The van der Waals surface area contributed by atoms with Gasteiger partial charge in [-0.1, -0.05) is 6.07 Å². The summed E-state index contributed by atoms with van der Waals surface area (Å²) < 4.78 is 141. The average Bonchev–Trinajstić information content (AvgIpc) is 2.42. The molecule has 0 aliphatic rings. The Bertz CT molecular complexity index is 645. The zero-order valence-corrected chi connectivity index (χ0v) is 11.4. The Hall–Kier alpha value is -2.08. The lowest BCUT2D eigenvalue weighted by molar-refractivity contribution is -0.359. The van der Waals surface area contributed by atoms with E-state index < -0.39 is 53.7 Å². The van der Waals surface area contributed by atoms with E-state index in [2.05, 4.69) is 4.74 Å². The second kappa shape index (κ2) is 6.33. The molecule has 0 N–H and O–H groups in total. The third-order valence-electron chi connectivity index (χ3n) is 2.72. The van der Waals surface area contributed by atoms with Crippen molar-refractivity contribution in [1.29, 1.82) is 0 Å². The van der Waals surface area contributed by atoms with E-state index in [9.17, 15) is 53.1 Å². The first-order chi connectivity index (χ1) is 11.0. The van der Waals surface area contributed by atoms with Crippen LogP contribution in [0, 0.1) is 5.82 Å². The van der Waals surface area contributed by atoms with Gasteiger partial charge in [-0.3, -0.25) is 0 Å². The summed E-state index contributed by atoms with van der Waals surface area (Å²) in [5.74, 6) is -17.1. The van der Waals surface area contributed by atoms with Crippen LogP contribution in [0.1, 0.15) is 15.9 Å². The van der Waals surface area contributed by atoms with Crippen LogP contribution in [0.15, 0.2) is 18.2 Å². The van der Waals surface area contributed by atoms with E-state index in [0.29, 0.717) is 12.1 Å². The number of ether oxygens (including phenoxy) is 1. The van der Waals surface area contributed by atoms with E-state index in [-0.39, 0.29) is 6.07 Å². The zero-order valence-electron chi connectivity index (χ0n) is 11.4. The van der Waals surface area contributed by atoms with Crippen molar-refractivity contribution in [3.05, 3.63) is 35.1 Å². The Morgan fingerprint density at radius 1 is 0.920 bits per heavy atom. The normalized spacial score (nSPS) is 13.7. The van der Waals surface area contributed by atoms with Gasteiger partial charge in [0.15, 0.2) is 6.61 Å². The number of hydrogen-bond acceptors (Lipinski definition) is 2. The highest BCUT2D eigenvalue weighted by Gasteiger charge is 2.73. The number of rotatable bonds is 4. The molecule has 0 bridgehead atoms. The summed E-state index contributed by atoms with van der Waals surface area (Å²) in [5, 5.41) is 0. The fraction of sp³-hybridized carbons (Fsp3) is 0.417. The van der Waals surface area contributed by atoms with Gasteiger partial charge in [-0.2, -0.15) is 43.9 Å². The first-order valence-corrected chi connectivity index (χ1v) is 5.87. The van der Waals surface area contributed by atoms with Crippen molar-refractivity contribution in [1.82, 2.24) is 0 Å². The Kier molecular flexibility index (Phi) is 5.31. The summed E-state index contributed by atoms with van der Waals surface area (Å²) >= 11 is 0. The van der Waals surface area contributed by atoms with Crippen LogP contribution in [0.3, 0.4) is 0 Å². The number of carbonyl (C=O) groups excluding carboxylic acids is 1. The molecule has 1 rings (SSSR count). The van der Waals surface area contributed by atoms with Gasteiger partial charge in [-0.25, -0.2) is 9.18 Å². The van der Waals surface area contributed by atoms with Crippen LogP contribution in [-0.4, -0.2) is 30.6 Å². The van der Waals surface area contributed by atoms with E-state index in [1.807, 2.05) is 0 Å². The Balaban J connectivity index is 3.02. The molecule has 2 nitrogen and oxygen atoms in total. The smallest absolute Gasteiger partial charge is 0.455 e. The van der Waals surface area contributed by atoms with Gasteiger partial charge >= 0.3 is 30.2 Å². The molecule has 1 aromatic carbocycles. The second-order valence-corrected chi connectivity index (χ2v) is 4.52. The van der Waals surface area contributed by atoms with Crippen molar-refractivity contribution in [3.8, 4) is 0 Å². The number of esters is 1. The minimum Gasteiger partial charge on any atom is -0.455 e. The van der Waals surface area contributed by atoms with Crippen LogP contribution in [-0.2, 0) is 10.9 Å². The summed E-state index contributed by atoms with van der Waals surface area (Å²) in [5.41, 5.74) is -3.56. The van der Waals surface area contributed by atoms with Gasteiger partial charge in [0.05, 0.1) is 11.1 Å². The van der Waals surface area contributed by atoms with Crippen molar-refractivity contribution in [2.45, 2.75) is 24.2 Å². The van der Waals surface area contributed by atoms with Gasteiger partial charge < -0.3 is 4.74 Å². The molecule has 0 saturated heterocycles. The fourth-order valence-corrected chi connectivity index (χ4v) is 1.44. The summed E-state index contributed by atoms with van der Waals surface area (Å²) in [6, 6.07) is 0.996. The molecule has 0 fully saturated rings. The van der Waals surface area contributed by atoms with Gasteiger partial charge in [0.1, 0.15) is 5.82 Å². The predicted molar refractivity (Wildman–Crippen MR) is 57.6 cm³/mol. The van der Waals surface area contributed by atoms with Crippen LogP contribution in [0.4, 0.5) is 48.3 Å². The molecule has 0 aliphatic carbocycles. The highest BCUT2D eigenvalue weighted by Crippen LogP contribution is 2.46. The van der Waals surface area contributed by atoms with Crippen molar-refractivity contribution >= 4 is 5.97 Å². The van der Waals surface area contributed by atoms with Gasteiger partial charge in [-0.15, -0.1) is 0 Å². The predicted octanol–water partition coefficient (Wildman–Crippen LogP) is 4.83. The quantitative estimate of drug-likeness (QED) is 0.544. The molecule has 0 atom stereocenters. The van der Waals surface area contributed by atoms with Gasteiger partial charge in [0, 0.05) is 0 Å². The summed E-state index contributed by atoms with van der Waals surface area (Å²) in [7, 11) is 0. The van der Waals surface area contributed by atoms with Crippen LogP contribution < -0.4 is 0 Å². The molecule has 1 aromatic rings. The lowest BCUT2D eigenvalue weighted by Gasteiger charge is -2.27. The number of carbonyl (C=O) groups is 1. The van der Waals surface area contributed by atoms with Gasteiger partial charge in [0.2, 0.25) is 0 Å². The van der Waals surface area contributed by atoms with Crippen LogP contribution in [0.25, 0.3) is 0 Å². The highest BCUT2D eigenvalue weighted by atomic mass is 19.4. The molecule has 142 valence electrons. The zero-order chi connectivity index (χ0) is 19.8. The molecule has 0 aromatic heterocycles. The van der Waals surface area contributed by atoms with Crippen LogP contribution in [0.5, 0.6) is 0 Å². The molecule has 0 spiro atoms. The summed E-state index contributed by atoms with van der Waals surface area (Å²) in [4.78, 5) is 11.3. The molecule has 25 heavy (non-hydrogen) atoms. The van der Waals surface area contributed by atoms with Gasteiger partial charge in [0.25, 0.3) is 0 Å². The van der Waals surface area contributed by atoms with Gasteiger partial charge in [-0.05, 0) is 12.1 Å². The molecular weight excluding hydrogens is 385 g/mol. The van der Waals surface area contributed by atoms with Crippen LogP contribution >= 0.6 is 0 Å². The molecule has 0 saturated carbocycles. The van der Waals surface area contributed by atoms with E-state index >= 15 is 0 Å². The van der Waals surface area contributed by atoms with Crippen molar-refractivity contribution in [3.63, 3.8) is 0 Å². The lowest BCUT2D eigenvalue weighted by atomic mass is 10.1. The average molecular weight is 390 g/mol. The third-order valence-corrected chi connectivity index (χ3v) is 2.72. The second-order valence-electron chi connectivity index (χ2n) is 4.52. The summed E-state index contributed by atoms with van der Waals surface area (Å²) in [6.45, 7) is -2.84. The Labute approximate surface area is 131 Å². The standard InChI is InChI=1S/C12H5F11O2/c13-7-5(2-1-3-6(7)10(16,17)18)8(24)25-4-9(14,15)11(19,20)12(21,22)23/h1-3H,4H2. The molecule has 13 heteroatoms. The van der Waals surface area contributed by atoms with Crippen molar-refractivity contribution in [2.24, 2.45) is 0 Å². The third kappa shape index (κ3) is 4.12. The Morgan fingerprint density at radius 2 is 1.44 bits per heavy atom.